The molecule has 0 saturated carbocycles. The van der Waals surface area contributed by atoms with E-state index in [0.717, 1.165) is 10.4 Å². The Balaban J connectivity index is 1.96. The average molecular weight is 315 g/mol. The molecule has 0 bridgehead atoms. The summed E-state index contributed by atoms with van der Waals surface area (Å²) in [6, 6.07) is 9.08. The van der Waals surface area contributed by atoms with Crippen LogP contribution in [0.25, 0.3) is 6.08 Å². The van der Waals surface area contributed by atoms with Gasteiger partial charge in [0.05, 0.1) is 19.1 Å². The minimum absolute atomic E-state index is 0.249. The molecule has 1 aromatic heterocycles. The molecule has 112 valence electrons. The zero-order chi connectivity index (χ0) is 15.5. The standard InChI is InChI=1S/C16H13NO4S/c1-19-11-6-10(7-12(9-11)20-2)8-13-16(18)21-15(17-13)14-4-3-5-22-14/h3-9H,1-2H3. The molecule has 0 unspecified atom stereocenters. The highest BCUT2D eigenvalue weighted by Crippen LogP contribution is 2.26. The Labute approximate surface area is 131 Å². The van der Waals surface area contributed by atoms with Gasteiger partial charge in [-0.2, -0.15) is 0 Å². The van der Waals surface area contributed by atoms with Gasteiger partial charge < -0.3 is 14.2 Å². The number of methoxy groups -OCH3 is 2. The van der Waals surface area contributed by atoms with Gasteiger partial charge >= 0.3 is 5.97 Å². The minimum Gasteiger partial charge on any atom is -0.497 e. The molecule has 0 spiro atoms. The topological polar surface area (TPSA) is 57.1 Å². The largest absolute Gasteiger partial charge is 0.497 e. The predicted octanol–water partition coefficient (Wildman–Crippen LogP) is 3.11. The summed E-state index contributed by atoms with van der Waals surface area (Å²) >= 11 is 1.47. The van der Waals surface area contributed by atoms with Gasteiger partial charge in [0.15, 0.2) is 5.70 Å². The third-order valence-electron chi connectivity index (χ3n) is 3.03. The van der Waals surface area contributed by atoms with Gasteiger partial charge in [-0.15, -0.1) is 11.3 Å². The van der Waals surface area contributed by atoms with Gasteiger partial charge in [0.2, 0.25) is 5.90 Å². The Hall–Kier alpha value is -2.60. The fourth-order valence-electron chi connectivity index (χ4n) is 1.99. The zero-order valence-corrected chi connectivity index (χ0v) is 12.8. The summed E-state index contributed by atoms with van der Waals surface area (Å²) in [7, 11) is 3.14. The normalized spacial score (nSPS) is 15.6. The predicted molar refractivity (Wildman–Crippen MR) is 84.5 cm³/mol. The molecule has 0 aliphatic carbocycles. The molecule has 3 rings (SSSR count). The first kappa shape index (κ1) is 14.3. The minimum atomic E-state index is -0.467. The zero-order valence-electron chi connectivity index (χ0n) is 12.0. The highest BCUT2D eigenvalue weighted by Gasteiger charge is 2.24. The lowest BCUT2D eigenvalue weighted by Crippen LogP contribution is -2.03. The van der Waals surface area contributed by atoms with Crippen molar-refractivity contribution < 1.29 is 19.0 Å². The maximum atomic E-state index is 11.9. The van der Waals surface area contributed by atoms with Crippen molar-refractivity contribution in [2.75, 3.05) is 14.2 Å². The Morgan fingerprint density at radius 3 is 2.50 bits per heavy atom. The molecule has 0 saturated heterocycles. The second-order valence-corrected chi connectivity index (χ2v) is 5.41. The highest BCUT2D eigenvalue weighted by molar-refractivity contribution is 7.12. The van der Waals surface area contributed by atoms with Gasteiger partial charge in [0.25, 0.3) is 0 Å². The SMILES string of the molecule is COc1cc(C=C2N=C(c3cccs3)OC2=O)cc(OC)c1. The van der Waals surface area contributed by atoms with Crippen LogP contribution in [0, 0.1) is 0 Å². The number of cyclic esters (lactones) is 1. The summed E-state index contributed by atoms with van der Waals surface area (Å²) in [5, 5.41) is 1.90. The fourth-order valence-corrected chi connectivity index (χ4v) is 2.63. The molecule has 2 heterocycles. The van der Waals surface area contributed by atoms with Crippen LogP contribution in [0.1, 0.15) is 10.4 Å². The van der Waals surface area contributed by atoms with Crippen LogP contribution in [0.3, 0.4) is 0 Å². The van der Waals surface area contributed by atoms with Crippen LogP contribution >= 0.6 is 11.3 Å². The second kappa shape index (κ2) is 6.03. The maximum absolute atomic E-state index is 11.9. The molecule has 1 aliphatic heterocycles. The van der Waals surface area contributed by atoms with Crippen LogP contribution < -0.4 is 9.47 Å². The molecule has 0 radical (unpaired) electrons. The molecular formula is C16H13NO4S. The van der Waals surface area contributed by atoms with Crippen molar-refractivity contribution in [3.63, 3.8) is 0 Å². The van der Waals surface area contributed by atoms with E-state index in [1.807, 2.05) is 17.5 Å². The van der Waals surface area contributed by atoms with Crippen LogP contribution in [-0.2, 0) is 9.53 Å². The summed E-state index contributed by atoms with van der Waals surface area (Å²) in [5.41, 5.74) is 0.998. The van der Waals surface area contributed by atoms with E-state index in [1.165, 1.54) is 11.3 Å². The van der Waals surface area contributed by atoms with Crippen molar-refractivity contribution in [2.24, 2.45) is 4.99 Å². The number of carbonyl (C=O) groups excluding carboxylic acids is 1. The number of nitrogens with zero attached hydrogens (tertiary/aromatic N) is 1. The molecule has 1 aliphatic rings. The lowest BCUT2D eigenvalue weighted by Gasteiger charge is -2.05. The van der Waals surface area contributed by atoms with Crippen molar-refractivity contribution in [3.8, 4) is 11.5 Å². The molecule has 1 aromatic carbocycles. The highest BCUT2D eigenvalue weighted by atomic mass is 32.1. The van der Waals surface area contributed by atoms with E-state index in [0.29, 0.717) is 17.4 Å². The van der Waals surface area contributed by atoms with Crippen molar-refractivity contribution in [1.29, 1.82) is 0 Å². The first-order valence-corrected chi connectivity index (χ1v) is 7.37. The number of aliphatic imine (C=N–C) groups is 1. The van der Waals surface area contributed by atoms with Crippen molar-refractivity contribution >= 4 is 29.3 Å². The quantitative estimate of drug-likeness (QED) is 0.642. The molecule has 2 aromatic rings. The van der Waals surface area contributed by atoms with Gasteiger partial charge in [0.1, 0.15) is 11.5 Å². The van der Waals surface area contributed by atoms with E-state index >= 15 is 0 Å². The Kier molecular flexibility index (Phi) is 3.93. The molecule has 0 amide bonds. The van der Waals surface area contributed by atoms with Crippen molar-refractivity contribution in [1.82, 2.24) is 0 Å². The van der Waals surface area contributed by atoms with E-state index in [-0.39, 0.29) is 5.70 Å². The molecule has 0 N–H and O–H groups in total. The van der Waals surface area contributed by atoms with Crippen LogP contribution in [0.4, 0.5) is 0 Å². The van der Waals surface area contributed by atoms with Gasteiger partial charge in [-0.3, -0.25) is 0 Å². The van der Waals surface area contributed by atoms with Crippen LogP contribution in [0.5, 0.6) is 11.5 Å². The number of hydrogen-bond donors (Lipinski definition) is 0. The molecule has 0 fully saturated rings. The number of esters is 1. The van der Waals surface area contributed by atoms with E-state index in [2.05, 4.69) is 4.99 Å². The summed E-state index contributed by atoms with van der Waals surface area (Å²) in [5.74, 6) is 1.14. The molecule has 22 heavy (non-hydrogen) atoms. The van der Waals surface area contributed by atoms with Crippen molar-refractivity contribution in [2.45, 2.75) is 0 Å². The van der Waals surface area contributed by atoms with Crippen LogP contribution in [0.15, 0.2) is 46.4 Å². The number of hydrogen-bond acceptors (Lipinski definition) is 6. The average Bonchev–Trinajstić information content (AvgIpc) is 3.17. The first-order chi connectivity index (χ1) is 10.7. The lowest BCUT2D eigenvalue weighted by molar-refractivity contribution is -0.129. The van der Waals surface area contributed by atoms with Gasteiger partial charge in [-0.1, -0.05) is 6.07 Å². The monoisotopic (exact) mass is 315 g/mol. The molecule has 5 nitrogen and oxygen atoms in total. The Morgan fingerprint density at radius 2 is 1.91 bits per heavy atom. The van der Waals surface area contributed by atoms with Gasteiger partial charge in [-0.05, 0) is 35.2 Å². The maximum Gasteiger partial charge on any atom is 0.363 e. The molecule has 6 heteroatoms. The molecular weight excluding hydrogens is 302 g/mol. The van der Waals surface area contributed by atoms with Crippen LogP contribution in [0.2, 0.25) is 0 Å². The van der Waals surface area contributed by atoms with E-state index in [1.54, 1.807) is 38.5 Å². The summed E-state index contributed by atoms with van der Waals surface area (Å²) in [6.45, 7) is 0. The lowest BCUT2D eigenvalue weighted by atomic mass is 10.1. The number of rotatable bonds is 4. The third-order valence-corrected chi connectivity index (χ3v) is 3.89. The summed E-state index contributed by atoms with van der Waals surface area (Å²) in [6.07, 6.45) is 1.65. The number of thiophene rings is 1. The third kappa shape index (κ3) is 2.87. The number of carbonyl (C=O) groups is 1. The molecule has 0 atom stereocenters. The summed E-state index contributed by atoms with van der Waals surface area (Å²) in [4.78, 5) is 17.0. The Morgan fingerprint density at radius 1 is 1.18 bits per heavy atom. The second-order valence-electron chi connectivity index (χ2n) is 4.46. The smallest absolute Gasteiger partial charge is 0.363 e. The van der Waals surface area contributed by atoms with Crippen LogP contribution in [-0.4, -0.2) is 26.1 Å². The van der Waals surface area contributed by atoms with E-state index in [9.17, 15) is 4.79 Å². The van der Waals surface area contributed by atoms with Gasteiger partial charge in [0, 0.05) is 6.07 Å². The summed E-state index contributed by atoms with van der Waals surface area (Å²) < 4.78 is 15.6. The van der Waals surface area contributed by atoms with Crippen molar-refractivity contribution in [3.05, 3.63) is 51.8 Å². The number of benzene rings is 1. The number of ether oxygens (including phenoxy) is 3. The Bertz CT molecular complexity index is 740. The first-order valence-electron chi connectivity index (χ1n) is 6.49. The van der Waals surface area contributed by atoms with E-state index < -0.39 is 5.97 Å². The van der Waals surface area contributed by atoms with Gasteiger partial charge in [-0.25, -0.2) is 9.79 Å². The van der Waals surface area contributed by atoms with E-state index in [4.69, 9.17) is 14.2 Å². The fraction of sp³-hybridized carbons (Fsp3) is 0.125.